The SMILES string of the molecule is CCCC(C)C(=O)N(CCC(N)=NO)CC(C)C. The molecule has 0 aliphatic heterocycles. The van der Waals surface area contributed by atoms with Gasteiger partial charge >= 0.3 is 0 Å². The largest absolute Gasteiger partial charge is 0.409 e. The van der Waals surface area contributed by atoms with Crippen LogP contribution in [0.25, 0.3) is 0 Å². The van der Waals surface area contributed by atoms with E-state index in [0.717, 1.165) is 12.8 Å². The van der Waals surface area contributed by atoms with Crippen LogP contribution in [-0.2, 0) is 4.79 Å². The van der Waals surface area contributed by atoms with Crippen LogP contribution in [-0.4, -0.2) is 34.9 Å². The molecule has 1 amide bonds. The molecule has 0 radical (unpaired) electrons. The molecular formula is C13H27N3O2. The van der Waals surface area contributed by atoms with Gasteiger partial charge in [0.1, 0.15) is 5.84 Å². The number of rotatable bonds is 8. The van der Waals surface area contributed by atoms with Gasteiger partial charge in [-0.25, -0.2) is 0 Å². The molecule has 0 aromatic carbocycles. The summed E-state index contributed by atoms with van der Waals surface area (Å²) in [6.07, 6.45) is 2.31. The fourth-order valence-corrected chi connectivity index (χ4v) is 1.90. The van der Waals surface area contributed by atoms with E-state index in [-0.39, 0.29) is 17.7 Å². The van der Waals surface area contributed by atoms with E-state index in [0.29, 0.717) is 25.4 Å². The predicted molar refractivity (Wildman–Crippen MR) is 73.5 cm³/mol. The van der Waals surface area contributed by atoms with Crippen LogP contribution in [0.3, 0.4) is 0 Å². The summed E-state index contributed by atoms with van der Waals surface area (Å²) in [5.41, 5.74) is 5.45. The molecule has 0 bridgehead atoms. The Morgan fingerprint density at radius 3 is 2.44 bits per heavy atom. The zero-order valence-electron chi connectivity index (χ0n) is 12.0. The number of carbonyl (C=O) groups is 1. The van der Waals surface area contributed by atoms with Crippen molar-refractivity contribution in [3.05, 3.63) is 0 Å². The van der Waals surface area contributed by atoms with E-state index in [1.807, 2.05) is 11.8 Å². The van der Waals surface area contributed by atoms with Crippen molar-refractivity contribution < 1.29 is 10.0 Å². The normalized spacial score (nSPS) is 13.7. The molecule has 0 aromatic heterocycles. The van der Waals surface area contributed by atoms with Crippen LogP contribution in [0, 0.1) is 11.8 Å². The van der Waals surface area contributed by atoms with E-state index in [9.17, 15) is 4.79 Å². The number of carbonyl (C=O) groups excluding carboxylic acids is 1. The first kappa shape index (κ1) is 16.7. The van der Waals surface area contributed by atoms with Gasteiger partial charge in [-0.2, -0.15) is 0 Å². The summed E-state index contributed by atoms with van der Waals surface area (Å²) in [5.74, 6) is 0.784. The minimum Gasteiger partial charge on any atom is -0.409 e. The Labute approximate surface area is 110 Å². The lowest BCUT2D eigenvalue weighted by molar-refractivity contribution is -0.135. The number of oxime groups is 1. The lowest BCUT2D eigenvalue weighted by Gasteiger charge is -2.27. The molecule has 106 valence electrons. The maximum Gasteiger partial charge on any atom is 0.225 e. The summed E-state index contributed by atoms with van der Waals surface area (Å²) in [6, 6.07) is 0. The van der Waals surface area contributed by atoms with Crippen molar-refractivity contribution in [1.82, 2.24) is 4.90 Å². The van der Waals surface area contributed by atoms with Crippen molar-refractivity contribution in [3.63, 3.8) is 0 Å². The van der Waals surface area contributed by atoms with Gasteiger partial charge in [-0.3, -0.25) is 4.79 Å². The van der Waals surface area contributed by atoms with Gasteiger partial charge in [0.25, 0.3) is 0 Å². The van der Waals surface area contributed by atoms with Crippen molar-refractivity contribution in [3.8, 4) is 0 Å². The molecule has 0 fully saturated rings. The summed E-state index contributed by atoms with van der Waals surface area (Å²) >= 11 is 0. The zero-order chi connectivity index (χ0) is 14.1. The van der Waals surface area contributed by atoms with Gasteiger partial charge in [0.15, 0.2) is 0 Å². The Kier molecular flexibility index (Phi) is 8.16. The number of nitrogens with zero attached hydrogens (tertiary/aromatic N) is 2. The molecule has 18 heavy (non-hydrogen) atoms. The van der Waals surface area contributed by atoms with E-state index in [4.69, 9.17) is 10.9 Å². The standard InChI is InChI=1S/C13H27N3O2/c1-5-6-11(4)13(17)16(9-10(2)3)8-7-12(14)15-18/h10-11,18H,5-9H2,1-4H3,(H2,14,15). The minimum absolute atomic E-state index is 0.0426. The summed E-state index contributed by atoms with van der Waals surface area (Å²) < 4.78 is 0. The summed E-state index contributed by atoms with van der Waals surface area (Å²) in [4.78, 5) is 14.1. The first-order valence-electron chi connectivity index (χ1n) is 6.67. The smallest absolute Gasteiger partial charge is 0.225 e. The second kappa shape index (κ2) is 8.78. The molecule has 1 atom stereocenters. The molecule has 0 saturated heterocycles. The highest BCUT2D eigenvalue weighted by atomic mass is 16.4. The molecular weight excluding hydrogens is 230 g/mol. The number of nitrogens with two attached hydrogens (primary N) is 1. The van der Waals surface area contributed by atoms with Crippen LogP contribution < -0.4 is 5.73 Å². The van der Waals surface area contributed by atoms with Crippen molar-refractivity contribution in [1.29, 1.82) is 0 Å². The highest BCUT2D eigenvalue weighted by Crippen LogP contribution is 2.12. The molecule has 5 heteroatoms. The molecule has 0 aliphatic rings. The highest BCUT2D eigenvalue weighted by Gasteiger charge is 2.20. The average Bonchev–Trinajstić information content (AvgIpc) is 2.32. The van der Waals surface area contributed by atoms with Crippen molar-refractivity contribution in [2.75, 3.05) is 13.1 Å². The van der Waals surface area contributed by atoms with Crippen LogP contribution in [0.2, 0.25) is 0 Å². The summed E-state index contributed by atoms with van der Waals surface area (Å²) in [6.45, 7) is 9.42. The van der Waals surface area contributed by atoms with E-state index in [1.165, 1.54) is 0 Å². The van der Waals surface area contributed by atoms with Gasteiger partial charge in [0.2, 0.25) is 5.91 Å². The van der Waals surface area contributed by atoms with Gasteiger partial charge in [-0.05, 0) is 12.3 Å². The first-order valence-corrected chi connectivity index (χ1v) is 6.67. The van der Waals surface area contributed by atoms with Crippen molar-refractivity contribution >= 4 is 11.7 Å². The predicted octanol–water partition coefficient (Wildman–Crippen LogP) is 2.04. The highest BCUT2D eigenvalue weighted by molar-refractivity contribution is 5.82. The molecule has 0 aromatic rings. The molecule has 0 heterocycles. The Balaban J connectivity index is 4.51. The van der Waals surface area contributed by atoms with E-state index < -0.39 is 0 Å². The van der Waals surface area contributed by atoms with Gasteiger partial charge < -0.3 is 15.8 Å². The van der Waals surface area contributed by atoms with Crippen LogP contribution in [0.1, 0.15) is 47.0 Å². The van der Waals surface area contributed by atoms with E-state index in [2.05, 4.69) is 25.9 Å². The third kappa shape index (κ3) is 6.47. The Morgan fingerprint density at radius 1 is 1.39 bits per heavy atom. The second-order valence-corrected chi connectivity index (χ2v) is 5.21. The molecule has 5 nitrogen and oxygen atoms in total. The van der Waals surface area contributed by atoms with Crippen LogP contribution in [0.4, 0.5) is 0 Å². The molecule has 3 N–H and O–H groups in total. The molecule has 0 aliphatic carbocycles. The second-order valence-electron chi connectivity index (χ2n) is 5.21. The lowest BCUT2D eigenvalue weighted by Crippen LogP contribution is -2.39. The molecule has 0 saturated carbocycles. The maximum absolute atomic E-state index is 12.3. The maximum atomic E-state index is 12.3. The number of hydrogen-bond acceptors (Lipinski definition) is 3. The zero-order valence-corrected chi connectivity index (χ0v) is 12.0. The first-order chi connectivity index (χ1) is 8.42. The van der Waals surface area contributed by atoms with Crippen molar-refractivity contribution in [2.24, 2.45) is 22.7 Å². The Bertz CT molecular complexity index is 277. The average molecular weight is 257 g/mol. The topological polar surface area (TPSA) is 78.9 Å². The van der Waals surface area contributed by atoms with E-state index in [1.54, 1.807) is 0 Å². The minimum atomic E-state index is 0.0426. The van der Waals surface area contributed by atoms with Gasteiger partial charge in [-0.15, -0.1) is 0 Å². The van der Waals surface area contributed by atoms with E-state index >= 15 is 0 Å². The van der Waals surface area contributed by atoms with Crippen molar-refractivity contribution in [2.45, 2.75) is 47.0 Å². The summed E-state index contributed by atoms with van der Waals surface area (Å²) in [5, 5.41) is 11.5. The Hall–Kier alpha value is -1.26. The number of amides is 1. The quantitative estimate of drug-likeness (QED) is 0.302. The number of hydrogen-bond donors (Lipinski definition) is 2. The summed E-state index contributed by atoms with van der Waals surface area (Å²) in [7, 11) is 0. The fourth-order valence-electron chi connectivity index (χ4n) is 1.90. The fraction of sp³-hybridized carbons (Fsp3) is 0.846. The van der Waals surface area contributed by atoms with Crippen LogP contribution in [0.15, 0.2) is 5.16 Å². The molecule has 0 spiro atoms. The Morgan fingerprint density at radius 2 is 2.00 bits per heavy atom. The van der Waals surface area contributed by atoms with Gasteiger partial charge in [0, 0.05) is 25.4 Å². The van der Waals surface area contributed by atoms with Crippen LogP contribution in [0.5, 0.6) is 0 Å². The van der Waals surface area contributed by atoms with Crippen LogP contribution >= 0.6 is 0 Å². The third-order valence-electron chi connectivity index (χ3n) is 2.81. The molecule has 1 unspecified atom stereocenters. The monoisotopic (exact) mass is 257 g/mol. The van der Waals surface area contributed by atoms with Gasteiger partial charge in [0.05, 0.1) is 0 Å². The third-order valence-corrected chi connectivity index (χ3v) is 2.81. The lowest BCUT2D eigenvalue weighted by atomic mass is 10.0. The molecule has 0 rings (SSSR count). The van der Waals surface area contributed by atoms with Gasteiger partial charge in [-0.1, -0.05) is 39.3 Å². The number of amidine groups is 1.